The molecule has 0 fully saturated rings. The Morgan fingerprint density at radius 3 is 2.32 bits per heavy atom. The van der Waals surface area contributed by atoms with Gasteiger partial charge in [0.15, 0.2) is 0 Å². The lowest BCUT2D eigenvalue weighted by Gasteiger charge is -2.15. The maximum absolute atomic E-state index is 5.62. The number of pyridine rings is 1. The first kappa shape index (κ1) is 13.4. The normalized spacial score (nSPS) is 12.2. The molecule has 0 saturated heterocycles. The summed E-state index contributed by atoms with van der Waals surface area (Å²) in [6, 6.07) is 14.1. The van der Waals surface area contributed by atoms with Crippen molar-refractivity contribution in [3.63, 3.8) is 0 Å². The highest BCUT2D eigenvalue weighted by Crippen LogP contribution is 2.21. The summed E-state index contributed by atoms with van der Waals surface area (Å²) in [5.41, 5.74) is 2.10. The third-order valence-corrected chi connectivity index (χ3v) is 2.74. The van der Waals surface area contributed by atoms with E-state index in [9.17, 15) is 0 Å². The Balaban J connectivity index is 1.99. The molecular weight excluding hydrogens is 236 g/mol. The average Bonchev–Trinajstić information content (AvgIpc) is 2.41. The van der Waals surface area contributed by atoms with Crippen molar-refractivity contribution >= 4 is 5.69 Å². The summed E-state index contributed by atoms with van der Waals surface area (Å²) < 4.78 is 5.62. The van der Waals surface area contributed by atoms with Crippen molar-refractivity contribution < 1.29 is 4.74 Å². The molecule has 0 radical (unpaired) electrons. The maximum Gasteiger partial charge on any atom is 0.119 e. The average molecular weight is 256 g/mol. The molecule has 0 aliphatic carbocycles. The molecule has 3 heteroatoms. The van der Waals surface area contributed by atoms with Gasteiger partial charge in [-0.15, -0.1) is 0 Å². The number of nitrogens with one attached hydrogen (secondary N) is 1. The van der Waals surface area contributed by atoms with Crippen LogP contribution < -0.4 is 10.1 Å². The fourth-order valence-corrected chi connectivity index (χ4v) is 1.86. The highest BCUT2D eigenvalue weighted by atomic mass is 16.5. The minimum Gasteiger partial charge on any atom is -0.491 e. The Morgan fingerprint density at radius 1 is 1.00 bits per heavy atom. The van der Waals surface area contributed by atoms with Gasteiger partial charge in [0.25, 0.3) is 0 Å². The Morgan fingerprint density at radius 2 is 1.74 bits per heavy atom. The number of benzene rings is 1. The number of anilines is 1. The minimum absolute atomic E-state index is 0.179. The first-order chi connectivity index (χ1) is 9.15. The first-order valence-electron chi connectivity index (χ1n) is 6.59. The molecule has 0 saturated carbocycles. The van der Waals surface area contributed by atoms with E-state index in [-0.39, 0.29) is 12.1 Å². The number of ether oxygens (including phenoxy) is 1. The molecule has 100 valence electrons. The van der Waals surface area contributed by atoms with Gasteiger partial charge < -0.3 is 10.1 Å². The Hall–Kier alpha value is -2.03. The summed E-state index contributed by atoms with van der Waals surface area (Å²) in [6.45, 7) is 6.14. The summed E-state index contributed by atoms with van der Waals surface area (Å²) in [5, 5.41) is 3.42. The monoisotopic (exact) mass is 256 g/mol. The van der Waals surface area contributed by atoms with Gasteiger partial charge in [0.05, 0.1) is 17.8 Å². The van der Waals surface area contributed by atoms with Crippen molar-refractivity contribution in [3.05, 3.63) is 54.4 Å². The largest absolute Gasteiger partial charge is 0.491 e. The SMILES string of the molecule is CC(C)Oc1ccc(NC(C)c2ccccn2)cc1. The third-order valence-electron chi connectivity index (χ3n) is 2.74. The second-order valence-corrected chi connectivity index (χ2v) is 4.81. The Kier molecular flexibility index (Phi) is 4.39. The predicted octanol–water partition coefficient (Wildman–Crippen LogP) is 4.04. The Bertz CT molecular complexity index is 494. The van der Waals surface area contributed by atoms with E-state index >= 15 is 0 Å². The van der Waals surface area contributed by atoms with Crippen LogP contribution in [-0.2, 0) is 0 Å². The molecule has 1 N–H and O–H groups in total. The lowest BCUT2D eigenvalue weighted by Crippen LogP contribution is -2.08. The minimum atomic E-state index is 0.179. The van der Waals surface area contributed by atoms with Crippen molar-refractivity contribution in [2.24, 2.45) is 0 Å². The molecule has 0 aliphatic rings. The molecule has 1 aromatic carbocycles. The van der Waals surface area contributed by atoms with E-state index in [0.717, 1.165) is 17.1 Å². The second-order valence-electron chi connectivity index (χ2n) is 4.81. The van der Waals surface area contributed by atoms with Crippen molar-refractivity contribution in [2.75, 3.05) is 5.32 Å². The lowest BCUT2D eigenvalue weighted by molar-refractivity contribution is 0.242. The van der Waals surface area contributed by atoms with Gasteiger partial charge in [-0.05, 0) is 57.2 Å². The van der Waals surface area contributed by atoms with Crippen LogP contribution in [0.2, 0.25) is 0 Å². The number of aromatic nitrogens is 1. The molecule has 2 rings (SSSR count). The molecular formula is C16H20N2O. The molecule has 2 aromatic rings. The predicted molar refractivity (Wildman–Crippen MR) is 78.5 cm³/mol. The quantitative estimate of drug-likeness (QED) is 0.876. The fourth-order valence-electron chi connectivity index (χ4n) is 1.86. The van der Waals surface area contributed by atoms with E-state index in [1.165, 1.54) is 0 Å². The molecule has 1 atom stereocenters. The zero-order valence-corrected chi connectivity index (χ0v) is 11.6. The number of hydrogen-bond acceptors (Lipinski definition) is 3. The van der Waals surface area contributed by atoms with Gasteiger partial charge in [0, 0.05) is 11.9 Å². The standard InChI is InChI=1S/C16H20N2O/c1-12(2)19-15-9-7-14(8-10-15)18-13(3)16-6-4-5-11-17-16/h4-13,18H,1-3H3. The van der Waals surface area contributed by atoms with Crippen LogP contribution in [0.3, 0.4) is 0 Å². The van der Waals surface area contributed by atoms with Gasteiger partial charge in [0.2, 0.25) is 0 Å². The summed E-state index contributed by atoms with van der Waals surface area (Å²) in [6.07, 6.45) is 2.01. The zero-order chi connectivity index (χ0) is 13.7. The van der Waals surface area contributed by atoms with Crippen LogP contribution in [0.4, 0.5) is 5.69 Å². The molecule has 19 heavy (non-hydrogen) atoms. The molecule has 0 spiro atoms. The van der Waals surface area contributed by atoms with Crippen LogP contribution in [0.5, 0.6) is 5.75 Å². The van der Waals surface area contributed by atoms with E-state index < -0.39 is 0 Å². The maximum atomic E-state index is 5.62. The highest BCUT2D eigenvalue weighted by Gasteiger charge is 2.06. The van der Waals surface area contributed by atoms with Gasteiger partial charge in [-0.25, -0.2) is 0 Å². The molecule has 0 bridgehead atoms. The van der Waals surface area contributed by atoms with Crippen molar-refractivity contribution in [3.8, 4) is 5.75 Å². The zero-order valence-electron chi connectivity index (χ0n) is 11.6. The summed E-state index contributed by atoms with van der Waals surface area (Å²) >= 11 is 0. The highest BCUT2D eigenvalue weighted by molar-refractivity contribution is 5.47. The van der Waals surface area contributed by atoms with Crippen LogP contribution in [0.1, 0.15) is 32.5 Å². The number of rotatable bonds is 5. The van der Waals surface area contributed by atoms with E-state index in [0.29, 0.717) is 0 Å². The van der Waals surface area contributed by atoms with Crippen LogP contribution in [0.15, 0.2) is 48.7 Å². The lowest BCUT2D eigenvalue weighted by atomic mass is 10.2. The van der Waals surface area contributed by atoms with Crippen LogP contribution in [0.25, 0.3) is 0 Å². The molecule has 1 aromatic heterocycles. The van der Waals surface area contributed by atoms with E-state index in [4.69, 9.17) is 4.74 Å². The summed E-state index contributed by atoms with van der Waals surface area (Å²) in [7, 11) is 0. The molecule has 0 amide bonds. The molecule has 1 unspecified atom stereocenters. The van der Waals surface area contributed by atoms with Crippen LogP contribution >= 0.6 is 0 Å². The first-order valence-corrected chi connectivity index (χ1v) is 6.59. The Labute approximate surface area is 114 Å². The fraction of sp³-hybridized carbons (Fsp3) is 0.312. The van der Waals surface area contributed by atoms with E-state index in [1.54, 1.807) is 0 Å². The smallest absolute Gasteiger partial charge is 0.119 e. The number of hydrogen-bond donors (Lipinski definition) is 1. The summed E-state index contributed by atoms with van der Waals surface area (Å²) in [5.74, 6) is 0.894. The molecule has 0 aliphatic heterocycles. The van der Waals surface area contributed by atoms with Gasteiger partial charge in [0.1, 0.15) is 5.75 Å². The number of nitrogens with zero attached hydrogens (tertiary/aromatic N) is 1. The molecule has 3 nitrogen and oxygen atoms in total. The van der Waals surface area contributed by atoms with Crippen molar-refractivity contribution in [1.29, 1.82) is 0 Å². The van der Waals surface area contributed by atoms with Crippen molar-refractivity contribution in [2.45, 2.75) is 32.9 Å². The van der Waals surface area contributed by atoms with E-state index in [2.05, 4.69) is 17.2 Å². The molecule has 1 heterocycles. The topological polar surface area (TPSA) is 34.1 Å². The van der Waals surface area contributed by atoms with Gasteiger partial charge in [-0.1, -0.05) is 6.07 Å². The van der Waals surface area contributed by atoms with E-state index in [1.807, 2.05) is 62.5 Å². The van der Waals surface area contributed by atoms with Crippen LogP contribution in [0, 0.1) is 0 Å². The summed E-state index contributed by atoms with van der Waals surface area (Å²) in [4.78, 5) is 4.34. The van der Waals surface area contributed by atoms with Gasteiger partial charge in [-0.3, -0.25) is 4.98 Å². The second kappa shape index (κ2) is 6.23. The van der Waals surface area contributed by atoms with Gasteiger partial charge in [-0.2, -0.15) is 0 Å². The third kappa shape index (κ3) is 3.98. The van der Waals surface area contributed by atoms with Crippen LogP contribution in [-0.4, -0.2) is 11.1 Å². The van der Waals surface area contributed by atoms with Crippen molar-refractivity contribution in [1.82, 2.24) is 4.98 Å². The van der Waals surface area contributed by atoms with Gasteiger partial charge >= 0.3 is 0 Å².